The number of benzene rings is 1. The molecule has 7 heteroatoms. The van der Waals surface area contributed by atoms with Gasteiger partial charge in [0.2, 0.25) is 5.95 Å². The lowest BCUT2D eigenvalue weighted by molar-refractivity contribution is 0.0600. The van der Waals surface area contributed by atoms with Crippen LogP contribution in [0, 0.1) is 0 Å². The zero-order valence-electron chi connectivity index (χ0n) is 14.7. The largest absolute Gasteiger partial charge is 0.465 e. The average Bonchev–Trinajstić information content (AvgIpc) is 2.69. The van der Waals surface area contributed by atoms with E-state index in [0.29, 0.717) is 28.8 Å². The van der Waals surface area contributed by atoms with Gasteiger partial charge in [-0.2, -0.15) is 0 Å². The van der Waals surface area contributed by atoms with E-state index in [9.17, 15) is 9.59 Å². The highest BCUT2D eigenvalue weighted by atomic mass is 16.5. The number of carbonyl (C=O) groups excluding carboxylic acids is 2. The Kier molecular flexibility index (Phi) is 5.78. The molecule has 1 amide bonds. The van der Waals surface area contributed by atoms with Crippen molar-refractivity contribution in [3.05, 3.63) is 47.8 Å². The van der Waals surface area contributed by atoms with Gasteiger partial charge in [-0.3, -0.25) is 4.79 Å². The summed E-state index contributed by atoms with van der Waals surface area (Å²) < 4.78 is 4.64. The van der Waals surface area contributed by atoms with E-state index < -0.39 is 5.97 Å². The van der Waals surface area contributed by atoms with Crippen LogP contribution in [0.25, 0.3) is 0 Å². The SMILES string of the molecule is COC(=O)c1ccc(NC(=O)c2cnc(NC3CCCCC3)nc2)cc1. The Balaban J connectivity index is 1.58. The van der Waals surface area contributed by atoms with Gasteiger partial charge in [-0.25, -0.2) is 14.8 Å². The van der Waals surface area contributed by atoms with Gasteiger partial charge in [0.15, 0.2) is 0 Å². The van der Waals surface area contributed by atoms with Gasteiger partial charge in [-0.15, -0.1) is 0 Å². The summed E-state index contributed by atoms with van der Waals surface area (Å²) >= 11 is 0. The molecule has 1 aliphatic rings. The van der Waals surface area contributed by atoms with Crippen molar-refractivity contribution in [2.24, 2.45) is 0 Å². The lowest BCUT2D eigenvalue weighted by atomic mass is 9.96. The molecule has 1 saturated carbocycles. The van der Waals surface area contributed by atoms with Crippen LogP contribution >= 0.6 is 0 Å². The molecule has 2 N–H and O–H groups in total. The topological polar surface area (TPSA) is 93.2 Å². The molecule has 2 aromatic rings. The third-order valence-electron chi connectivity index (χ3n) is 4.42. The zero-order valence-corrected chi connectivity index (χ0v) is 14.7. The molecule has 1 fully saturated rings. The van der Waals surface area contributed by atoms with Gasteiger partial charge in [0, 0.05) is 24.1 Å². The summed E-state index contributed by atoms with van der Waals surface area (Å²) in [7, 11) is 1.32. The molecule has 0 atom stereocenters. The molecule has 0 saturated heterocycles. The van der Waals surface area contributed by atoms with Gasteiger partial charge in [0.05, 0.1) is 18.2 Å². The van der Waals surface area contributed by atoms with Crippen LogP contribution in [0.4, 0.5) is 11.6 Å². The molecule has 0 radical (unpaired) electrons. The van der Waals surface area contributed by atoms with Gasteiger partial charge < -0.3 is 15.4 Å². The fraction of sp³-hybridized carbons (Fsp3) is 0.368. The van der Waals surface area contributed by atoms with Crippen LogP contribution in [-0.2, 0) is 4.74 Å². The van der Waals surface area contributed by atoms with Gasteiger partial charge in [-0.05, 0) is 37.1 Å². The van der Waals surface area contributed by atoms with E-state index in [4.69, 9.17) is 0 Å². The van der Waals surface area contributed by atoms with E-state index in [1.807, 2.05) is 0 Å². The van der Waals surface area contributed by atoms with E-state index in [1.54, 1.807) is 24.3 Å². The third kappa shape index (κ3) is 4.56. The van der Waals surface area contributed by atoms with Gasteiger partial charge >= 0.3 is 5.97 Å². The molecule has 26 heavy (non-hydrogen) atoms. The number of carbonyl (C=O) groups is 2. The monoisotopic (exact) mass is 354 g/mol. The quantitative estimate of drug-likeness (QED) is 0.801. The summed E-state index contributed by atoms with van der Waals surface area (Å²) in [6, 6.07) is 6.88. The number of nitrogens with one attached hydrogen (secondary N) is 2. The van der Waals surface area contributed by atoms with Crippen molar-refractivity contribution in [2.45, 2.75) is 38.1 Å². The average molecular weight is 354 g/mol. The molecule has 0 bridgehead atoms. The maximum absolute atomic E-state index is 12.3. The number of rotatable bonds is 5. The van der Waals surface area contributed by atoms with Crippen molar-refractivity contribution in [1.29, 1.82) is 0 Å². The molecule has 0 aliphatic heterocycles. The van der Waals surface area contributed by atoms with Crippen LogP contribution in [0.5, 0.6) is 0 Å². The van der Waals surface area contributed by atoms with Crippen molar-refractivity contribution in [3.8, 4) is 0 Å². The number of nitrogens with zero attached hydrogens (tertiary/aromatic N) is 2. The Labute approximate surface area is 152 Å². The Morgan fingerprint density at radius 3 is 2.27 bits per heavy atom. The molecule has 1 aliphatic carbocycles. The van der Waals surface area contributed by atoms with Crippen molar-refractivity contribution in [3.63, 3.8) is 0 Å². The van der Waals surface area contributed by atoms with Crippen LogP contribution in [0.2, 0.25) is 0 Å². The molecule has 0 spiro atoms. The maximum atomic E-state index is 12.3. The lowest BCUT2D eigenvalue weighted by Crippen LogP contribution is -2.23. The predicted octanol–water partition coefficient (Wildman–Crippen LogP) is 3.26. The van der Waals surface area contributed by atoms with Crippen LogP contribution < -0.4 is 10.6 Å². The Hall–Kier alpha value is -2.96. The van der Waals surface area contributed by atoms with Gasteiger partial charge in [-0.1, -0.05) is 19.3 Å². The van der Waals surface area contributed by atoms with Crippen molar-refractivity contribution < 1.29 is 14.3 Å². The van der Waals surface area contributed by atoms with Crippen LogP contribution in [0.1, 0.15) is 52.8 Å². The van der Waals surface area contributed by atoms with Gasteiger partial charge in [0.25, 0.3) is 5.91 Å². The summed E-state index contributed by atoms with van der Waals surface area (Å²) in [5.74, 6) is -0.173. The molecule has 1 heterocycles. The van der Waals surface area contributed by atoms with Crippen LogP contribution in [0.3, 0.4) is 0 Å². The molecular weight excluding hydrogens is 332 g/mol. The van der Waals surface area contributed by atoms with Crippen LogP contribution in [0.15, 0.2) is 36.7 Å². The second-order valence-electron chi connectivity index (χ2n) is 6.30. The number of anilines is 2. The van der Waals surface area contributed by atoms with E-state index >= 15 is 0 Å². The minimum Gasteiger partial charge on any atom is -0.465 e. The number of methoxy groups -OCH3 is 1. The molecule has 0 unspecified atom stereocenters. The smallest absolute Gasteiger partial charge is 0.337 e. The first-order valence-electron chi connectivity index (χ1n) is 8.74. The molecule has 136 valence electrons. The molecule has 7 nitrogen and oxygen atoms in total. The van der Waals surface area contributed by atoms with Crippen LogP contribution in [-0.4, -0.2) is 35.0 Å². The minimum absolute atomic E-state index is 0.306. The molecular formula is C19H22N4O3. The Morgan fingerprint density at radius 1 is 1.00 bits per heavy atom. The second-order valence-corrected chi connectivity index (χ2v) is 6.30. The van der Waals surface area contributed by atoms with Crippen molar-refractivity contribution >= 4 is 23.5 Å². The number of hydrogen-bond acceptors (Lipinski definition) is 6. The number of ether oxygens (including phenoxy) is 1. The number of aromatic nitrogens is 2. The summed E-state index contributed by atoms with van der Waals surface area (Å²) in [6.07, 6.45) is 9.03. The summed E-state index contributed by atoms with van der Waals surface area (Å²) in [5.41, 5.74) is 1.37. The highest BCUT2D eigenvalue weighted by Crippen LogP contribution is 2.20. The Bertz CT molecular complexity index is 753. The predicted molar refractivity (Wildman–Crippen MR) is 98.3 cm³/mol. The summed E-state index contributed by atoms with van der Waals surface area (Å²) in [5, 5.41) is 6.07. The first-order valence-corrected chi connectivity index (χ1v) is 8.74. The number of esters is 1. The van der Waals surface area contributed by atoms with E-state index in [0.717, 1.165) is 12.8 Å². The summed E-state index contributed by atoms with van der Waals surface area (Å²) in [4.78, 5) is 32.2. The first kappa shape index (κ1) is 17.8. The van der Waals surface area contributed by atoms with E-state index in [2.05, 4.69) is 25.3 Å². The normalized spacial score (nSPS) is 14.5. The first-order chi connectivity index (χ1) is 12.7. The molecule has 1 aromatic heterocycles. The van der Waals surface area contributed by atoms with E-state index in [-0.39, 0.29) is 5.91 Å². The highest BCUT2D eigenvalue weighted by Gasteiger charge is 2.15. The number of amides is 1. The fourth-order valence-electron chi connectivity index (χ4n) is 2.96. The fourth-order valence-corrected chi connectivity index (χ4v) is 2.96. The third-order valence-corrected chi connectivity index (χ3v) is 4.42. The zero-order chi connectivity index (χ0) is 18.4. The molecule has 1 aromatic carbocycles. The second kappa shape index (κ2) is 8.42. The lowest BCUT2D eigenvalue weighted by Gasteiger charge is -2.22. The van der Waals surface area contributed by atoms with Gasteiger partial charge in [0.1, 0.15) is 0 Å². The van der Waals surface area contributed by atoms with Crippen molar-refractivity contribution in [1.82, 2.24) is 9.97 Å². The maximum Gasteiger partial charge on any atom is 0.337 e. The number of hydrogen-bond donors (Lipinski definition) is 2. The standard InChI is InChI=1S/C19H22N4O3/c1-26-18(25)13-7-9-16(10-8-13)22-17(24)14-11-20-19(21-12-14)23-15-5-3-2-4-6-15/h7-12,15H,2-6H2,1H3,(H,22,24)(H,20,21,23). The summed E-state index contributed by atoms with van der Waals surface area (Å²) in [6.45, 7) is 0. The van der Waals surface area contributed by atoms with E-state index in [1.165, 1.54) is 38.8 Å². The minimum atomic E-state index is -0.419. The molecule has 3 rings (SSSR count). The Morgan fingerprint density at radius 2 is 1.65 bits per heavy atom. The highest BCUT2D eigenvalue weighted by molar-refractivity contribution is 6.04. The van der Waals surface area contributed by atoms with Crippen molar-refractivity contribution in [2.75, 3.05) is 17.7 Å².